The van der Waals surface area contributed by atoms with Crippen molar-refractivity contribution in [3.63, 3.8) is 0 Å². The molecule has 3 rings (SSSR count). The molecule has 0 heterocycles. The molecule has 0 amide bonds. The second kappa shape index (κ2) is 1.13. The Bertz CT molecular complexity index is 130. The molecular formula is C6H6F3. The Kier molecular flexibility index (Phi) is 0.702. The lowest BCUT2D eigenvalue weighted by Gasteiger charge is -2.61. The highest BCUT2D eigenvalue weighted by atomic mass is 19.4. The molecule has 3 saturated carbocycles. The van der Waals surface area contributed by atoms with Crippen LogP contribution < -0.4 is 0 Å². The Balaban J connectivity index is 2.13. The van der Waals surface area contributed by atoms with Crippen molar-refractivity contribution in [3.8, 4) is 0 Å². The van der Waals surface area contributed by atoms with Crippen LogP contribution in [-0.4, -0.2) is 6.18 Å². The van der Waals surface area contributed by atoms with Gasteiger partial charge in [-0.15, -0.1) is 0 Å². The van der Waals surface area contributed by atoms with Gasteiger partial charge in [0.05, 0.1) is 5.41 Å². The highest BCUT2D eigenvalue weighted by Crippen LogP contribution is 2.72. The number of hydrogen-bond donors (Lipinski definition) is 0. The van der Waals surface area contributed by atoms with Crippen LogP contribution in [-0.2, 0) is 0 Å². The van der Waals surface area contributed by atoms with Crippen molar-refractivity contribution in [3.05, 3.63) is 5.92 Å². The standard InChI is InChI=1S/C6H6F3/c7-6(8,9)5-1-4(2-5)3-5/h1-3H2. The highest BCUT2D eigenvalue weighted by Gasteiger charge is 2.70. The Morgan fingerprint density at radius 2 is 1.56 bits per heavy atom. The van der Waals surface area contributed by atoms with Crippen molar-refractivity contribution in [2.24, 2.45) is 5.41 Å². The Hall–Kier alpha value is -0.210. The first-order valence-corrected chi connectivity index (χ1v) is 2.94. The van der Waals surface area contributed by atoms with E-state index in [-0.39, 0.29) is 0 Å². The third kappa shape index (κ3) is 0.461. The van der Waals surface area contributed by atoms with Crippen LogP contribution in [0, 0.1) is 11.3 Å². The van der Waals surface area contributed by atoms with Crippen molar-refractivity contribution in [2.75, 3.05) is 0 Å². The zero-order valence-electron chi connectivity index (χ0n) is 4.76. The summed E-state index contributed by atoms with van der Waals surface area (Å²) in [6.07, 6.45) is -2.93. The quantitative estimate of drug-likeness (QED) is 0.478. The van der Waals surface area contributed by atoms with Gasteiger partial charge in [0, 0.05) is 0 Å². The van der Waals surface area contributed by atoms with E-state index >= 15 is 0 Å². The smallest absolute Gasteiger partial charge is 0.171 e. The van der Waals surface area contributed by atoms with E-state index in [1.54, 1.807) is 0 Å². The largest absolute Gasteiger partial charge is 0.394 e. The van der Waals surface area contributed by atoms with Crippen LogP contribution in [0.3, 0.4) is 0 Å². The topological polar surface area (TPSA) is 0 Å². The Morgan fingerprint density at radius 1 is 1.11 bits per heavy atom. The molecule has 3 aliphatic rings. The summed E-state index contributed by atoms with van der Waals surface area (Å²) >= 11 is 0. The van der Waals surface area contributed by atoms with E-state index in [2.05, 4.69) is 0 Å². The van der Waals surface area contributed by atoms with Crippen molar-refractivity contribution in [1.82, 2.24) is 0 Å². The first-order chi connectivity index (χ1) is 4.04. The minimum atomic E-state index is -3.92. The second-order valence-electron chi connectivity index (χ2n) is 3.06. The lowest BCUT2D eigenvalue weighted by Crippen LogP contribution is -2.59. The van der Waals surface area contributed by atoms with Crippen LogP contribution in [0.1, 0.15) is 19.3 Å². The van der Waals surface area contributed by atoms with Crippen LogP contribution in [0.4, 0.5) is 13.2 Å². The van der Waals surface area contributed by atoms with E-state index in [0.717, 1.165) is 5.92 Å². The molecular weight excluding hydrogens is 129 g/mol. The maximum absolute atomic E-state index is 11.9. The predicted octanol–water partition coefficient (Wildman–Crippen LogP) is 2.31. The van der Waals surface area contributed by atoms with Gasteiger partial charge in [0.2, 0.25) is 0 Å². The number of alkyl halides is 3. The van der Waals surface area contributed by atoms with Gasteiger partial charge in [0.15, 0.2) is 0 Å². The van der Waals surface area contributed by atoms with E-state index in [0.29, 0.717) is 19.3 Å². The average molecular weight is 135 g/mol. The SMILES string of the molecule is FC(F)(F)C12C[C](C1)C2. The first-order valence-electron chi connectivity index (χ1n) is 2.94. The van der Waals surface area contributed by atoms with Gasteiger partial charge < -0.3 is 0 Å². The summed E-state index contributed by atoms with van der Waals surface area (Å²) < 4.78 is 35.7. The van der Waals surface area contributed by atoms with E-state index < -0.39 is 11.6 Å². The lowest BCUT2D eigenvalue weighted by molar-refractivity contribution is -0.282. The second-order valence-corrected chi connectivity index (χ2v) is 3.06. The molecule has 51 valence electrons. The third-order valence-electron chi connectivity index (χ3n) is 2.37. The zero-order valence-corrected chi connectivity index (χ0v) is 4.76. The molecule has 0 saturated heterocycles. The minimum Gasteiger partial charge on any atom is -0.171 e. The molecule has 0 unspecified atom stereocenters. The van der Waals surface area contributed by atoms with Crippen LogP contribution in [0.25, 0.3) is 0 Å². The molecule has 0 atom stereocenters. The van der Waals surface area contributed by atoms with Gasteiger partial charge in [-0.25, -0.2) is 0 Å². The first kappa shape index (κ1) is 5.57. The molecule has 0 aromatic rings. The van der Waals surface area contributed by atoms with Gasteiger partial charge in [-0.2, -0.15) is 13.2 Å². The van der Waals surface area contributed by atoms with Crippen molar-refractivity contribution in [2.45, 2.75) is 25.4 Å². The number of hydrogen-bond acceptors (Lipinski definition) is 0. The molecule has 3 aliphatic carbocycles. The number of rotatable bonds is 0. The molecule has 0 nitrogen and oxygen atoms in total. The Morgan fingerprint density at radius 3 is 1.56 bits per heavy atom. The molecule has 0 N–H and O–H groups in total. The van der Waals surface area contributed by atoms with Crippen LogP contribution in [0.15, 0.2) is 0 Å². The summed E-state index contributed by atoms with van der Waals surface area (Å²) in [7, 11) is 0. The van der Waals surface area contributed by atoms with Crippen molar-refractivity contribution in [1.29, 1.82) is 0 Å². The molecule has 0 aromatic carbocycles. The molecule has 9 heavy (non-hydrogen) atoms. The summed E-state index contributed by atoms with van der Waals surface area (Å²) in [4.78, 5) is 0. The molecule has 3 fully saturated rings. The van der Waals surface area contributed by atoms with Gasteiger partial charge in [-0.3, -0.25) is 0 Å². The summed E-state index contributed by atoms with van der Waals surface area (Å²) in [6, 6.07) is 0. The molecule has 0 aromatic heterocycles. The van der Waals surface area contributed by atoms with Crippen LogP contribution in [0.2, 0.25) is 0 Å². The fourth-order valence-corrected chi connectivity index (χ4v) is 1.58. The van der Waals surface area contributed by atoms with Crippen molar-refractivity contribution >= 4 is 0 Å². The molecule has 0 spiro atoms. The molecule has 2 bridgehead atoms. The highest BCUT2D eigenvalue weighted by molar-refractivity contribution is 5.28. The average Bonchev–Trinajstić information content (AvgIpc) is 1.08. The zero-order chi connectivity index (χ0) is 6.70. The maximum atomic E-state index is 11.9. The summed E-state index contributed by atoms with van der Waals surface area (Å²) in [5.74, 6) is 1.10. The molecule has 1 radical (unpaired) electrons. The summed E-state index contributed by atoms with van der Waals surface area (Å²) in [5, 5.41) is 0. The molecule has 3 heteroatoms. The normalized spacial score (nSPS) is 31.0. The van der Waals surface area contributed by atoms with E-state index in [4.69, 9.17) is 0 Å². The van der Waals surface area contributed by atoms with Gasteiger partial charge in [-0.05, 0) is 25.2 Å². The van der Waals surface area contributed by atoms with Gasteiger partial charge in [0.25, 0.3) is 0 Å². The van der Waals surface area contributed by atoms with Crippen molar-refractivity contribution < 1.29 is 13.2 Å². The maximum Gasteiger partial charge on any atom is 0.394 e. The lowest BCUT2D eigenvalue weighted by atomic mass is 9.44. The fourth-order valence-electron chi connectivity index (χ4n) is 1.58. The van der Waals surface area contributed by atoms with E-state index in [1.165, 1.54) is 0 Å². The third-order valence-corrected chi connectivity index (χ3v) is 2.37. The van der Waals surface area contributed by atoms with Crippen LogP contribution >= 0.6 is 0 Å². The summed E-state index contributed by atoms with van der Waals surface area (Å²) in [5.41, 5.74) is -1.23. The van der Waals surface area contributed by atoms with E-state index in [9.17, 15) is 13.2 Å². The minimum absolute atomic E-state index is 0.330. The van der Waals surface area contributed by atoms with Gasteiger partial charge in [0.1, 0.15) is 0 Å². The van der Waals surface area contributed by atoms with E-state index in [1.807, 2.05) is 0 Å². The Labute approximate surface area is 51.0 Å². The number of halogens is 3. The van der Waals surface area contributed by atoms with Crippen LogP contribution in [0.5, 0.6) is 0 Å². The van der Waals surface area contributed by atoms with Gasteiger partial charge >= 0.3 is 6.18 Å². The monoisotopic (exact) mass is 135 g/mol. The van der Waals surface area contributed by atoms with Gasteiger partial charge in [-0.1, -0.05) is 0 Å². The summed E-state index contributed by atoms with van der Waals surface area (Å²) in [6.45, 7) is 0. The fraction of sp³-hybridized carbons (Fsp3) is 0.833. The predicted molar refractivity (Wildman–Crippen MR) is 25.6 cm³/mol. The molecule has 0 aliphatic heterocycles.